The highest BCUT2D eigenvalue weighted by Gasteiger charge is 2.07. The van der Waals surface area contributed by atoms with Crippen molar-refractivity contribution < 1.29 is 14.5 Å². The van der Waals surface area contributed by atoms with Crippen molar-refractivity contribution in [2.75, 3.05) is 0 Å². The molecule has 6 heteroatoms. The lowest BCUT2D eigenvalue weighted by Crippen LogP contribution is -2.33. The number of pyridine rings is 1. The summed E-state index contributed by atoms with van der Waals surface area (Å²) >= 11 is 0. The number of hydrogen-bond acceptors (Lipinski definition) is 4. The van der Waals surface area contributed by atoms with Crippen molar-refractivity contribution in [3.63, 3.8) is 0 Å². The molecule has 0 aliphatic rings. The summed E-state index contributed by atoms with van der Waals surface area (Å²) in [7, 11) is 0. The molecule has 1 N–H and O–H groups in total. The Morgan fingerprint density at radius 1 is 1.32 bits per heavy atom. The van der Waals surface area contributed by atoms with Gasteiger partial charge >= 0.3 is 5.97 Å². The van der Waals surface area contributed by atoms with Gasteiger partial charge in [0.1, 0.15) is 12.5 Å². The predicted molar refractivity (Wildman–Crippen MR) is 64.6 cm³/mol. The minimum absolute atomic E-state index is 0.0807. The van der Waals surface area contributed by atoms with E-state index in [0.717, 1.165) is 5.56 Å². The maximum absolute atomic E-state index is 10.5. The van der Waals surface area contributed by atoms with E-state index in [1.807, 2.05) is 18.2 Å². The minimum Gasteiger partial charge on any atom is -0.481 e. The fraction of sp³-hybridized carbons (Fsp3) is 0.154. The third-order valence-corrected chi connectivity index (χ3v) is 2.51. The summed E-state index contributed by atoms with van der Waals surface area (Å²) in [4.78, 5) is 18.6. The highest BCUT2D eigenvalue weighted by atomic mass is 16.4. The summed E-state index contributed by atoms with van der Waals surface area (Å²) in [6.07, 6.45) is 6.57. The average Bonchev–Trinajstić information content (AvgIpc) is 2.46. The second-order valence-electron chi connectivity index (χ2n) is 3.88. The Labute approximate surface area is 109 Å². The Morgan fingerprint density at radius 3 is 2.47 bits per heavy atom. The van der Waals surface area contributed by atoms with E-state index in [1.165, 1.54) is 12.4 Å². The average molecular weight is 255 g/mol. The molecule has 0 fully saturated rings. The topological polar surface area (TPSA) is 90.8 Å². The number of nitriles is 1. The summed E-state index contributed by atoms with van der Waals surface area (Å²) < 4.78 is 1.78. The molecule has 94 valence electrons. The smallest absolute Gasteiger partial charge is 0.309 e. The zero-order valence-corrected chi connectivity index (χ0v) is 10.0. The maximum atomic E-state index is 10.5. The standard InChI is InChI=1S/C13H10N4O2/c14-7-10-8-15-13(16-9-10)11-1-4-17(5-2-11)6-3-12(18)19/h1-2,4-5,8-9H,3,6H2/p+1. The van der Waals surface area contributed by atoms with Crippen molar-refractivity contribution in [2.45, 2.75) is 13.0 Å². The lowest BCUT2D eigenvalue weighted by atomic mass is 10.2. The van der Waals surface area contributed by atoms with E-state index in [2.05, 4.69) is 9.97 Å². The molecule has 19 heavy (non-hydrogen) atoms. The van der Waals surface area contributed by atoms with Crippen LogP contribution < -0.4 is 4.57 Å². The first-order valence-electron chi connectivity index (χ1n) is 5.62. The fourth-order valence-corrected chi connectivity index (χ4v) is 1.52. The molecule has 0 amide bonds. The zero-order chi connectivity index (χ0) is 13.7. The molecule has 0 radical (unpaired) electrons. The monoisotopic (exact) mass is 255 g/mol. The summed E-state index contributed by atoms with van der Waals surface area (Å²) in [6.45, 7) is 0.420. The number of rotatable bonds is 4. The molecule has 0 aliphatic heterocycles. The van der Waals surface area contributed by atoms with Crippen LogP contribution in [0, 0.1) is 11.3 Å². The van der Waals surface area contributed by atoms with Crippen LogP contribution in [-0.4, -0.2) is 21.0 Å². The van der Waals surface area contributed by atoms with Gasteiger partial charge in [-0.05, 0) is 0 Å². The summed E-state index contributed by atoms with van der Waals surface area (Å²) in [5.41, 5.74) is 1.23. The van der Waals surface area contributed by atoms with E-state index < -0.39 is 5.97 Å². The highest BCUT2D eigenvalue weighted by Crippen LogP contribution is 2.11. The van der Waals surface area contributed by atoms with Crippen LogP contribution in [0.4, 0.5) is 0 Å². The summed E-state index contributed by atoms with van der Waals surface area (Å²) in [5, 5.41) is 17.3. The second-order valence-corrected chi connectivity index (χ2v) is 3.88. The lowest BCUT2D eigenvalue weighted by Gasteiger charge is -1.99. The number of aliphatic carboxylic acids is 1. The van der Waals surface area contributed by atoms with E-state index in [1.54, 1.807) is 17.0 Å². The van der Waals surface area contributed by atoms with E-state index in [-0.39, 0.29) is 6.42 Å². The van der Waals surface area contributed by atoms with Crippen molar-refractivity contribution in [2.24, 2.45) is 0 Å². The Balaban J connectivity index is 2.13. The van der Waals surface area contributed by atoms with Gasteiger partial charge in [-0.25, -0.2) is 14.5 Å². The molecule has 0 spiro atoms. The number of aromatic nitrogens is 3. The molecular weight excluding hydrogens is 244 g/mol. The molecule has 0 unspecified atom stereocenters. The van der Waals surface area contributed by atoms with Gasteiger partial charge in [-0.1, -0.05) is 0 Å². The molecule has 2 heterocycles. The first-order valence-corrected chi connectivity index (χ1v) is 5.62. The second kappa shape index (κ2) is 5.69. The van der Waals surface area contributed by atoms with Crippen LogP contribution in [0.1, 0.15) is 12.0 Å². The molecule has 2 aromatic heterocycles. The summed E-state index contributed by atoms with van der Waals surface area (Å²) in [5.74, 6) is -0.295. The molecule has 6 nitrogen and oxygen atoms in total. The normalized spacial score (nSPS) is 9.84. The van der Waals surface area contributed by atoms with Crippen LogP contribution in [-0.2, 0) is 11.3 Å². The summed E-state index contributed by atoms with van der Waals surface area (Å²) in [6, 6.07) is 5.57. The SMILES string of the molecule is N#Cc1cnc(-c2cc[n+](CCC(=O)O)cc2)nc1. The Morgan fingerprint density at radius 2 is 1.95 bits per heavy atom. The van der Waals surface area contributed by atoms with Crippen LogP contribution in [0.15, 0.2) is 36.9 Å². The van der Waals surface area contributed by atoms with Gasteiger partial charge in [0.25, 0.3) is 0 Å². The van der Waals surface area contributed by atoms with E-state index in [4.69, 9.17) is 10.4 Å². The molecule has 0 bridgehead atoms. The van der Waals surface area contributed by atoms with E-state index >= 15 is 0 Å². The van der Waals surface area contributed by atoms with E-state index in [9.17, 15) is 4.79 Å². The number of carbonyl (C=O) groups is 1. The van der Waals surface area contributed by atoms with Crippen molar-refractivity contribution in [1.82, 2.24) is 9.97 Å². The largest absolute Gasteiger partial charge is 0.481 e. The van der Waals surface area contributed by atoms with Gasteiger partial charge in [0.15, 0.2) is 24.8 Å². The minimum atomic E-state index is -0.827. The van der Waals surface area contributed by atoms with Crippen LogP contribution in [0.3, 0.4) is 0 Å². The highest BCUT2D eigenvalue weighted by molar-refractivity contribution is 5.66. The molecule has 0 saturated carbocycles. The van der Waals surface area contributed by atoms with Crippen molar-refractivity contribution >= 4 is 5.97 Å². The zero-order valence-electron chi connectivity index (χ0n) is 10.0. The van der Waals surface area contributed by atoms with Gasteiger partial charge in [-0.3, -0.25) is 4.79 Å². The number of hydrogen-bond donors (Lipinski definition) is 1. The molecule has 0 aromatic carbocycles. The first kappa shape index (κ1) is 12.6. The predicted octanol–water partition coefficient (Wildman–Crippen LogP) is 0.777. The van der Waals surface area contributed by atoms with Gasteiger partial charge in [-0.2, -0.15) is 5.26 Å². The van der Waals surface area contributed by atoms with Crippen LogP contribution >= 0.6 is 0 Å². The van der Waals surface area contributed by atoms with Crippen LogP contribution in [0.5, 0.6) is 0 Å². The molecule has 0 saturated heterocycles. The van der Waals surface area contributed by atoms with Gasteiger partial charge in [0.2, 0.25) is 0 Å². The van der Waals surface area contributed by atoms with Crippen LogP contribution in [0.25, 0.3) is 11.4 Å². The Bertz CT molecular complexity index is 615. The molecule has 2 aromatic rings. The first-order chi connectivity index (χ1) is 9.19. The number of carboxylic acid groups (broad SMARTS) is 1. The molecule has 2 rings (SSSR count). The molecule has 0 atom stereocenters. The van der Waals surface area contributed by atoms with Gasteiger partial charge < -0.3 is 5.11 Å². The fourth-order valence-electron chi connectivity index (χ4n) is 1.52. The van der Waals surface area contributed by atoms with Crippen LogP contribution in [0.2, 0.25) is 0 Å². The molecule has 0 aliphatic carbocycles. The third-order valence-electron chi connectivity index (χ3n) is 2.51. The van der Waals surface area contributed by atoms with Gasteiger partial charge in [-0.15, -0.1) is 0 Å². The van der Waals surface area contributed by atoms with Gasteiger partial charge in [0, 0.05) is 30.1 Å². The third kappa shape index (κ3) is 3.33. The van der Waals surface area contributed by atoms with Crippen molar-refractivity contribution in [1.29, 1.82) is 5.26 Å². The molecular formula is C13H11N4O2+. The maximum Gasteiger partial charge on any atom is 0.309 e. The number of carboxylic acids is 1. The van der Waals surface area contributed by atoms with Gasteiger partial charge in [0.05, 0.1) is 5.56 Å². The van der Waals surface area contributed by atoms with E-state index in [0.29, 0.717) is 17.9 Å². The number of aryl methyl sites for hydroxylation is 1. The Kier molecular flexibility index (Phi) is 3.78. The van der Waals surface area contributed by atoms with Crippen molar-refractivity contribution in [3.8, 4) is 17.5 Å². The van der Waals surface area contributed by atoms with Crippen molar-refractivity contribution in [3.05, 3.63) is 42.5 Å². The lowest BCUT2D eigenvalue weighted by molar-refractivity contribution is -0.695. The quantitative estimate of drug-likeness (QED) is 0.815. The Hall–Kier alpha value is -2.81. The number of nitrogens with zero attached hydrogens (tertiary/aromatic N) is 4.